The van der Waals surface area contributed by atoms with E-state index in [1.807, 2.05) is 42.6 Å². The summed E-state index contributed by atoms with van der Waals surface area (Å²) < 4.78 is 0. The number of amides is 1. The number of likely N-dealkylation sites (tertiary alicyclic amines) is 1. The summed E-state index contributed by atoms with van der Waals surface area (Å²) in [5, 5.41) is 11.4. The molecule has 1 fully saturated rings. The number of nitrogens with one attached hydrogen (secondary N) is 2. The predicted molar refractivity (Wildman–Crippen MR) is 138 cm³/mol. The topological polar surface area (TPSA) is 73.9 Å². The van der Waals surface area contributed by atoms with Crippen molar-refractivity contribution in [2.75, 3.05) is 20.1 Å². The van der Waals surface area contributed by atoms with Crippen LogP contribution in [0, 0.1) is 0 Å². The van der Waals surface area contributed by atoms with Crippen LogP contribution in [0.5, 0.6) is 0 Å². The minimum atomic E-state index is -0.0872. The van der Waals surface area contributed by atoms with Crippen LogP contribution in [0.1, 0.15) is 40.2 Å². The van der Waals surface area contributed by atoms with E-state index in [2.05, 4.69) is 55.7 Å². The molecule has 5 rings (SSSR count). The van der Waals surface area contributed by atoms with Gasteiger partial charge in [0.1, 0.15) is 0 Å². The van der Waals surface area contributed by atoms with Crippen molar-refractivity contribution in [2.24, 2.45) is 0 Å². The number of H-pyrrole nitrogens is 1. The Kier molecular flexibility index (Phi) is 6.74. The largest absolute Gasteiger partial charge is 0.355 e. The monoisotopic (exact) mass is 469 g/mol. The lowest BCUT2D eigenvalue weighted by Crippen LogP contribution is -2.18. The Bertz CT molecular complexity index is 1320. The number of nitrogens with zero attached hydrogens (tertiary/aromatic N) is 3. The lowest BCUT2D eigenvalue weighted by Gasteiger charge is -2.13. The summed E-state index contributed by atoms with van der Waals surface area (Å²) in [5.41, 5.74) is 4.67. The molecule has 0 saturated carbocycles. The molecule has 1 saturated heterocycles. The standard InChI is InChI=1S/C27H27N5OS/c1-28-27(33)23-6-2-3-7-26(23)34-21-11-12-22-24(30-31-25(22)16-21)13-10-20-9-8-19(17-29-20)18-32-14-4-5-15-32/h2-3,6-13,16-17H,4-5,14-15,18H2,1H3,(H,28,33)(H,30,31)/b13-10+. The molecule has 172 valence electrons. The van der Waals surface area contributed by atoms with E-state index in [4.69, 9.17) is 0 Å². The van der Waals surface area contributed by atoms with E-state index in [0.717, 1.165) is 38.6 Å². The third-order valence-electron chi connectivity index (χ3n) is 6.01. The molecule has 0 unspecified atom stereocenters. The number of hydrogen-bond acceptors (Lipinski definition) is 5. The van der Waals surface area contributed by atoms with Crippen molar-refractivity contribution in [1.29, 1.82) is 0 Å². The molecule has 0 atom stereocenters. The third kappa shape index (κ3) is 5.05. The van der Waals surface area contributed by atoms with E-state index in [1.54, 1.807) is 18.8 Å². The molecule has 7 heteroatoms. The van der Waals surface area contributed by atoms with Gasteiger partial charge in [-0.25, -0.2) is 0 Å². The van der Waals surface area contributed by atoms with Gasteiger partial charge in [0.2, 0.25) is 0 Å². The molecule has 1 aliphatic heterocycles. The van der Waals surface area contributed by atoms with Crippen LogP contribution >= 0.6 is 11.8 Å². The van der Waals surface area contributed by atoms with Gasteiger partial charge >= 0.3 is 0 Å². The van der Waals surface area contributed by atoms with Crippen LogP contribution in [0.4, 0.5) is 0 Å². The van der Waals surface area contributed by atoms with Gasteiger partial charge in [-0.15, -0.1) is 0 Å². The average molecular weight is 470 g/mol. The van der Waals surface area contributed by atoms with Crippen LogP contribution in [-0.4, -0.2) is 46.1 Å². The van der Waals surface area contributed by atoms with Crippen LogP contribution in [0.15, 0.2) is 70.6 Å². The van der Waals surface area contributed by atoms with E-state index < -0.39 is 0 Å². The fourth-order valence-corrected chi connectivity index (χ4v) is 5.19. The van der Waals surface area contributed by atoms with Crippen molar-refractivity contribution in [3.05, 3.63) is 83.3 Å². The first-order valence-corrected chi connectivity index (χ1v) is 12.3. The summed E-state index contributed by atoms with van der Waals surface area (Å²) in [5.74, 6) is -0.0872. The molecule has 0 radical (unpaired) electrons. The first-order chi connectivity index (χ1) is 16.7. The number of fused-ring (bicyclic) bond motifs is 1. The van der Waals surface area contributed by atoms with E-state index in [1.165, 1.54) is 31.5 Å². The van der Waals surface area contributed by atoms with Gasteiger partial charge in [-0.1, -0.05) is 30.0 Å². The number of carbonyl (C=O) groups is 1. The van der Waals surface area contributed by atoms with Crippen LogP contribution < -0.4 is 5.32 Å². The quantitative estimate of drug-likeness (QED) is 0.387. The highest BCUT2D eigenvalue weighted by Gasteiger charge is 2.13. The summed E-state index contributed by atoms with van der Waals surface area (Å²) in [7, 11) is 1.65. The van der Waals surface area contributed by atoms with Crippen molar-refractivity contribution >= 4 is 40.7 Å². The van der Waals surface area contributed by atoms with Crippen LogP contribution in [0.3, 0.4) is 0 Å². The number of benzene rings is 2. The maximum atomic E-state index is 12.2. The van der Waals surface area contributed by atoms with Crippen molar-refractivity contribution in [3.8, 4) is 0 Å². The maximum Gasteiger partial charge on any atom is 0.252 e. The number of rotatable bonds is 7. The Morgan fingerprint density at radius 2 is 1.97 bits per heavy atom. The number of hydrogen-bond donors (Lipinski definition) is 2. The van der Waals surface area contributed by atoms with Gasteiger partial charge in [-0.3, -0.25) is 19.8 Å². The van der Waals surface area contributed by atoms with E-state index in [0.29, 0.717) is 5.56 Å². The van der Waals surface area contributed by atoms with E-state index in [9.17, 15) is 4.79 Å². The van der Waals surface area contributed by atoms with Gasteiger partial charge in [-0.05, 0) is 80.0 Å². The highest BCUT2D eigenvalue weighted by molar-refractivity contribution is 7.99. The third-order valence-corrected chi connectivity index (χ3v) is 7.08. The molecule has 2 aromatic heterocycles. The molecule has 2 N–H and O–H groups in total. The normalized spacial score (nSPS) is 14.3. The van der Waals surface area contributed by atoms with Gasteiger partial charge in [0.05, 0.1) is 22.5 Å². The molecule has 1 amide bonds. The summed E-state index contributed by atoms with van der Waals surface area (Å²) in [6, 6.07) is 18.0. The predicted octanol–water partition coefficient (Wildman–Crippen LogP) is 5.23. The fraction of sp³-hybridized carbons (Fsp3) is 0.222. The van der Waals surface area contributed by atoms with E-state index >= 15 is 0 Å². The smallest absolute Gasteiger partial charge is 0.252 e. The highest BCUT2D eigenvalue weighted by Crippen LogP contribution is 2.32. The Hall–Kier alpha value is -3.42. The molecule has 6 nitrogen and oxygen atoms in total. The summed E-state index contributed by atoms with van der Waals surface area (Å²) in [6.45, 7) is 3.36. The van der Waals surface area contributed by atoms with Gasteiger partial charge in [0.25, 0.3) is 5.91 Å². The Morgan fingerprint density at radius 3 is 2.76 bits per heavy atom. The lowest BCUT2D eigenvalue weighted by atomic mass is 10.2. The van der Waals surface area contributed by atoms with Crippen LogP contribution in [0.2, 0.25) is 0 Å². The SMILES string of the molecule is CNC(=O)c1ccccc1Sc1ccc2c(/C=C/c3ccc(CN4CCCC4)cn3)n[nH]c2c1. The minimum absolute atomic E-state index is 0.0872. The zero-order chi connectivity index (χ0) is 23.3. The zero-order valence-corrected chi connectivity index (χ0v) is 19.9. The van der Waals surface area contributed by atoms with Gasteiger partial charge in [0.15, 0.2) is 0 Å². The lowest BCUT2D eigenvalue weighted by molar-refractivity contribution is 0.0960. The Labute approximate surface area is 203 Å². The van der Waals surface area contributed by atoms with Crippen LogP contribution in [-0.2, 0) is 6.54 Å². The van der Waals surface area contributed by atoms with Crippen molar-refractivity contribution in [2.45, 2.75) is 29.2 Å². The van der Waals surface area contributed by atoms with Crippen LogP contribution in [0.25, 0.3) is 23.1 Å². The van der Waals surface area contributed by atoms with Crippen molar-refractivity contribution in [3.63, 3.8) is 0 Å². The molecule has 0 aliphatic carbocycles. The zero-order valence-electron chi connectivity index (χ0n) is 19.1. The molecule has 4 aromatic rings. The highest BCUT2D eigenvalue weighted by atomic mass is 32.2. The van der Waals surface area contributed by atoms with Gasteiger partial charge in [-0.2, -0.15) is 5.10 Å². The second-order valence-electron chi connectivity index (χ2n) is 8.40. The maximum absolute atomic E-state index is 12.2. The second kappa shape index (κ2) is 10.2. The van der Waals surface area contributed by atoms with E-state index in [-0.39, 0.29) is 5.91 Å². The first-order valence-electron chi connectivity index (χ1n) is 11.5. The molecular weight excluding hydrogens is 442 g/mol. The van der Waals surface area contributed by atoms with Gasteiger partial charge in [0, 0.05) is 35.0 Å². The number of aromatic nitrogens is 3. The average Bonchev–Trinajstić information content (AvgIpc) is 3.53. The molecular formula is C27H27N5OS. The molecule has 34 heavy (non-hydrogen) atoms. The number of carbonyl (C=O) groups excluding carboxylic acids is 1. The molecule has 2 aromatic carbocycles. The Balaban J connectivity index is 1.29. The molecule has 1 aliphatic rings. The number of pyridine rings is 1. The fourth-order valence-electron chi connectivity index (χ4n) is 4.21. The Morgan fingerprint density at radius 1 is 1.12 bits per heavy atom. The number of aromatic amines is 1. The molecule has 3 heterocycles. The first kappa shape index (κ1) is 22.4. The van der Waals surface area contributed by atoms with Crippen molar-refractivity contribution < 1.29 is 4.79 Å². The molecule has 0 spiro atoms. The summed E-state index contributed by atoms with van der Waals surface area (Å²) in [4.78, 5) is 21.2. The van der Waals surface area contributed by atoms with Gasteiger partial charge < -0.3 is 5.32 Å². The second-order valence-corrected chi connectivity index (χ2v) is 9.52. The summed E-state index contributed by atoms with van der Waals surface area (Å²) >= 11 is 1.56. The molecule has 0 bridgehead atoms. The van der Waals surface area contributed by atoms with Crippen molar-refractivity contribution in [1.82, 2.24) is 25.4 Å². The minimum Gasteiger partial charge on any atom is -0.355 e. The summed E-state index contributed by atoms with van der Waals surface area (Å²) in [6.07, 6.45) is 8.57.